The molecular formula is C22H23N3O3. The van der Waals surface area contributed by atoms with Crippen LogP contribution in [0.1, 0.15) is 48.7 Å². The molecule has 3 rings (SSSR count). The highest BCUT2D eigenvalue weighted by molar-refractivity contribution is 6.01. The van der Waals surface area contributed by atoms with Crippen LogP contribution in [-0.2, 0) is 4.74 Å². The van der Waals surface area contributed by atoms with Crippen LogP contribution in [0.4, 0.5) is 0 Å². The Morgan fingerprint density at radius 1 is 1.00 bits per heavy atom. The molecule has 0 unspecified atom stereocenters. The first-order chi connectivity index (χ1) is 13.3. The molecule has 6 nitrogen and oxygen atoms in total. The molecule has 6 heteroatoms. The van der Waals surface area contributed by atoms with Crippen LogP contribution < -0.4 is 0 Å². The highest BCUT2D eigenvalue weighted by Crippen LogP contribution is 2.22. The van der Waals surface area contributed by atoms with Gasteiger partial charge in [-0.05, 0) is 75.1 Å². The van der Waals surface area contributed by atoms with Crippen LogP contribution in [0.25, 0.3) is 5.82 Å². The summed E-state index contributed by atoms with van der Waals surface area (Å²) in [4.78, 5) is 29.3. The fourth-order valence-electron chi connectivity index (χ4n) is 3.11. The van der Waals surface area contributed by atoms with Crippen LogP contribution in [0.2, 0.25) is 0 Å². The van der Waals surface area contributed by atoms with E-state index >= 15 is 0 Å². The monoisotopic (exact) mass is 377 g/mol. The molecular weight excluding hydrogens is 354 g/mol. The van der Waals surface area contributed by atoms with E-state index in [4.69, 9.17) is 4.74 Å². The quantitative estimate of drug-likeness (QED) is 0.499. The van der Waals surface area contributed by atoms with E-state index in [9.17, 15) is 9.59 Å². The second-order valence-electron chi connectivity index (χ2n) is 6.86. The highest BCUT2D eigenvalue weighted by atomic mass is 16.5. The molecule has 1 aromatic carbocycles. The zero-order chi connectivity index (χ0) is 20.4. The maximum Gasteiger partial charge on any atom is 0.342 e. The molecule has 2 aromatic heterocycles. The molecule has 0 saturated carbocycles. The van der Waals surface area contributed by atoms with Gasteiger partial charge < -0.3 is 4.74 Å². The normalized spacial score (nSPS) is 10.8. The van der Waals surface area contributed by atoms with Crippen molar-refractivity contribution in [1.29, 1.82) is 0 Å². The Morgan fingerprint density at radius 3 is 2.43 bits per heavy atom. The van der Waals surface area contributed by atoms with Gasteiger partial charge in [0.1, 0.15) is 5.56 Å². The van der Waals surface area contributed by atoms with E-state index in [0.29, 0.717) is 22.6 Å². The lowest BCUT2D eigenvalue weighted by Gasteiger charge is -2.13. The number of ether oxygens (including phenoxy) is 1. The summed E-state index contributed by atoms with van der Waals surface area (Å²) in [6.45, 7) is 9.37. The largest absolute Gasteiger partial charge is 0.454 e. The number of rotatable bonds is 5. The number of Topliss-reactive ketones (excluding diaryl/α,β-unsaturated/α-hetero) is 1. The first kappa shape index (κ1) is 19.5. The molecule has 0 aliphatic heterocycles. The zero-order valence-corrected chi connectivity index (χ0v) is 16.7. The lowest BCUT2D eigenvalue weighted by Crippen LogP contribution is -2.16. The number of benzene rings is 1. The summed E-state index contributed by atoms with van der Waals surface area (Å²) in [5.74, 6) is -0.186. The second kappa shape index (κ2) is 7.76. The van der Waals surface area contributed by atoms with E-state index in [1.165, 1.54) is 11.8 Å². The second-order valence-corrected chi connectivity index (χ2v) is 6.86. The van der Waals surface area contributed by atoms with Crippen LogP contribution in [0.15, 0.2) is 36.7 Å². The third-order valence-electron chi connectivity index (χ3n) is 5.21. The maximum atomic E-state index is 12.6. The van der Waals surface area contributed by atoms with Gasteiger partial charge >= 0.3 is 5.97 Å². The first-order valence-corrected chi connectivity index (χ1v) is 9.05. The Kier molecular flexibility index (Phi) is 5.40. The third kappa shape index (κ3) is 3.58. The highest BCUT2D eigenvalue weighted by Gasteiger charge is 2.20. The SMILES string of the molecule is Cc1cc(C(=O)COC(=O)c2cnn(-c3ccccn3)c2C)c(C)c(C)c1C. The van der Waals surface area contributed by atoms with E-state index in [2.05, 4.69) is 10.1 Å². The predicted molar refractivity (Wildman–Crippen MR) is 106 cm³/mol. The summed E-state index contributed by atoms with van der Waals surface area (Å²) in [7, 11) is 0. The topological polar surface area (TPSA) is 74.1 Å². The van der Waals surface area contributed by atoms with Crippen molar-refractivity contribution in [3.8, 4) is 5.82 Å². The Hall–Kier alpha value is -3.28. The summed E-state index contributed by atoms with van der Waals surface area (Å²) in [6.07, 6.45) is 3.09. The van der Waals surface area contributed by atoms with Crippen LogP contribution in [-0.4, -0.2) is 33.1 Å². The smallest absolute Gasteiger partial charge is 0.342 e. The molecule has 0 atom stereocenters. The van der Waals surface area contributed by atoms with E-state index in [0.717, 1.165) is 16.7 Å². The van der Waals surface area contributed by atoms with Gasteiger partial charge in [-0.3, -0.25) is 4.79 Å². The fraction of sp³-hybridized carbons (Fsp3) is 0.273. The Morgan fingerprint density at radius 2 is 1.75 bits per heavy atom. The van der Waals surface area contributed by atoms with Crippen molar-refractivity contribution in [3.05, 3.63) is 75.7 Å². The van der Waals surface area contributed by atoms with Crippen LogP contribution in [0.3, 0.4) is 0 Å². The number of carbonyl (C=O) groups is 2. The lowest BCUT2D eigenvalue weighted by atomic mass is 9.93. The van der Waals surface area contributed by atoms with Crippen LogP contribution in [0.5, 0.6) is 0 Å². The number of ketones is 1. The molecule has 144 valence electrons. The van der Waals surface area contributed by atoms with Crippen molar-refractivity contribution in [2.75, 3.05) is 6.61 Å². The summed E-state index contributed by atoms with van der Waals surface area (Å²) < 4.78 is 6.84. The maximum absolute atomic E-state index is 12.6. The van der Waals surface area contributed by atoms with E-state index < -0.39 is 5.97 Å². The molecule has 0 radical (unpaired) electrons. The zero-order valence-electron chi connectivity index (χ0n) is 16.7. The van der Waals surface area contributed by atoms with Gasteiger partial charge in [0, 0.05) is 11.8 Å². The average Bonchev–Trinajstić information content (AvgIpc) is 3.09. The number of pyridine rings is 1. The van der Waals surface area contributed by atoms with Gasteiger partial charge in [-0.1, -0.05) is 6.07 Å². The van der Waals surface area contributed by atoms with E-state index in [1.807, 2.05) is 39.8 Å². The van der Waals surface area contributed by atoms with Crippen molar-refractivity contribution in [3.63, 3.8) is 0 Å². The van der Waals surface area contributed by atoms with Crippen LogP contribution >= 0.6 is 0 Å². The Balaban J connectivity index is 1.75. The number of esters is 1. The van der Waals surface area contributed by atoms with Crippen LogP contribution in [0, 0.1) is 34.6 Å². The summed E-state index contributed by atoms with van der Waals surface area (Å²) in [5.41, 5.74) is 5.73. The van der Waals surface area contributed by atoms with Gasteiger partial charge in [0.05, 0.1) is 11.9 Å². The van der Waals surface area contributed by atoms with Gasteiger partial charge in [0.2, 0.25) is 5.78 Å². The van der Waals surface area contributed by atoms with Gasteiger partial charge in [0.15, 0.2) is 12.4 Å². The minimum absolute atomic E-state index is 0.216. The first-order valence-electron chi connectivity index (χ1n) is 9.05. The summed E-state index contributed by atoms with van der Waals surface area (Å²) in [5, 5.41) is 4.21. The molecule has 0 N–H and O–H groups in total. The van der Waals surface area contributed by atoms with Crippen molar-refractivity contribution >= 4 is 11.8 Å². The molecule has 0 saturated heterocycles. The third-order valence-corrected chi connectivity index (χ3v) is 5.21. The molecule has 3 aromatic rings. The molecule has 0 amide bonds. The van der Waals surface area contributed by atoms with E-state index in [-0.39, 0.29) is 12.4 Å². The van der Waals surface area contributed by atoms with Crippen molar-refractivity contribution < 1.29 is 14.3 Å². The minimum atomic E-state index is -0.578. The standard InChI is InChI=1S/C22H23N3O3/c1-13-10-18(16(4)15(3)14(13)2)20(26)12-28-22(27)19-11-24-25(17(19)5)21-8-6-7-9-23-21/h6-11H,12H2,1-5H3. The summed E-state index contributed by atoms with van der Waals surface area (Å²) >= 11 is 0. The summed E-state index contributed by atoms with van der Waals surface area (Å²) in [6, 6.07) is 7.30. The predicted octanol–water partition coefficient (Wildman–Crippen LogP) is 3.85. The Labute approximate surface area is 164 Å². The molecule has 0 bridgehead atoms. The van der Waals surface area contributed by atoms with Gasteiger partial charge in [-0.15, -0.1) is 0 Å². The number of aromatic nitrogens is 3. The van der Waals surface area contributed by atoms with Gasteiger partial charge in [0.25, 0.3) is 0 Å². The fourth-order valence-corrected chi connectivity index (χ4v) is 3.11. The molecule has 28 heavy (non-hydrogen) atoms. The number of hydrogen-bond donors (Lipinski definition) is 0. The van der Waals surface area contributed by atoms with Crippen molar-refractivity contribution in [1.82, 2.24) is 14.8 Å². The number of hydrogen-bond acceptors (Lipinski definition) is 5. The molecule has 0 aliphatic carbocycles. The number of carbonyl (C=O) groups excluding carboxylic acids is 2. The van der Waals surface area contributed by atoms with Gasteiger partial charge in [-0.25, -0.2) is 14.5 Å². The molecule has 0 fully saturated rings. The van der Waals surface area contributed by atoms with Crippen molar-refractivity contribution in [2.24, 2.45) is 0 Å². The average molecular weight is 377 g/mol. The molecule has 2 heterocycles. The van der Waals surface area contributed by atoms with E-state index in [1.54, 1.807) is 29.9 Å². The molecule has 0 aliphatic rings. The van der Waals surface area contributed by atoms with Gasteiger partial charge in [-0.2, -0.15) is 5.10 Å². The number of aryl methyl sites for hydroxylation is 1. The van der Waals surface area contributed by atoms with Crippen molar-refractivity contribution in [2.45, 2.75) is 34.6 Å². The number of nitrogens with zero attached hydrogens (tertiary/aromatic N) is 3. The Bertz CT molecular complexity index is 1050. The lowest BCUT2D eigenvalue weighted by molar-refractivity contribution is 0.0473. The molecule has 0 spiro atoms. The minimum Gasteiger partial charge on any atom is -0.454 e.